The van der Waals surface area contributed by atoms with Gasteiger partial charge < -0.3 is 10.2 Å². The minimum Gasteiger partial charge on any atom is -0.508 e. The Morgan fingerprint density at radius 3 is 1.59 bits per heavy atom. The Morgan fingerprint density at radius 1 is 0.824 bits per heavy atom. The van der Waals surface area contributed by atoms with Crippen molar-refractivity contribution in [1.29, 1.82) is 5.53 Å². The molecule has 0 spiro atoms. The average Bonchev–Trinajstić information content (AvgIpc) is 2.34. The molecule has 17 heavy (non-hydrogen) atoms. The van der Waals surface area contributed by atoms with Gasteiger partial charge in [-0.1, -0.05) is 36.4 Å². The molecule has 4 heteroatoms. The van der Waals surface area contributed by atoms with E-state index in [1.54, 1.807) is 36.4 Å². The number of phenolic OH excluding ortho intramolecular Hbond substituents is 2. The van der Waals surface area contributed by atoms with Gasteiger partial charge in [-0.05, 0) is 12.1 Å². The Bertz CT molecular complexity index is 495. The van der Waals surface area contributed by atoms with Crippen molar-refractivity contribution in [2.75, 3.05) is 0 Å². The maximum Gasteiger partial charge on any atom is 0.128 e. The first kappa shape index (κ1) is 11.1. The highest BCUT2D eigenvalue weighted by atomic mass is 16.3. The third kappa shape index (κ3) is 2.10. The number of hydrogen-bond acceptors (Lipinski definition) is 4. The number of rotatable bonds is 3. The molecule has 0 unspecified atom stereocenters. The number of nitrogens with zero attached hydrogens (tertiary/aromatic N) is 1. The van der Waals surface area contributed by atoms with Crippen LogP contribution in [-0.2, 0) is 0 Å². The molecule has 0 aliphatic carbocycles. The Kier molecular flexibility index (Phi) is 3.05. The lowest BCUT2D eigenvalue weighted by molar-refractivity contribution is 0.453. The largest absolute Gasteiger partial charge is 0.508 e. The first-order valence-electron chi connectivity index (χ1n) is 5.16. The van der Waals surface area contributed by atoms with Crippen LogP contribution in [0.2, 0.25) is 0 Å². The van der Waals surface area contributed by atoms with Crippen molar-refractivity contribution in [2.45, 2.75) is 6.04 Å². The zero-order valence-electron chi connectivity index (χ0n) is 9.04. The van der Waals surface area contributed by atoms with E-state index in [-0.39, 0.29) is 11.5 Å². The molecular weight excluding hydrogens is 216 g/mol. The highest BCUT2D eigenvalue weighted by Crippen LogP contribution is 2.35. The molecule has 0 atom stereocenters. The van der Waals surface area contributed by atoms with Gasteiger partial charge in [0.2, 0.25) is 0 Å². The second-order valence-electron chi connectivity index (χ2n) is 3.65. The van der Waals surface area contributed by atoms with E-state index in [1.807, 2.05) is 0 Å². The van der Waals surface area contributed by atoms with E-state index in [4.69, 9.17) is 5.53 Å². The summed E-state index contributed by atoms with van der Waals surface area (Å²) in [5, 5.41) is 23.0. The van der Waals surface area contributed by atoms with Crippen LogP contribution in [0.5, 0.6) is 11.5 Å². The molecule has 0 saturated heterocycles. The number of phenols is 2. The van der Waals surface area contributed by atoms with Crippen molar-refractivity contribution in [3.8, 4) is 11.5 Å². The van der Waals surface area contributed by atoms with E-state index in [9.17, 15) is 10.2 Å². The summed E-state index contributed by atoms with van der Waals surface area (Å²) in [6.07, 6.45) is 0. The van der Waals surface area contributed by atoms with Gasteiger partial charge in [-0.2, -0.15) is 5.11 Å². The van der Waals surface area contributed by atoms with Crippen LogP contribution in [0.4, 0.5) is 0 Å². The monoisotopic (exact) mass is 228 g/mol. The highest BCUT2D eigenvalue weighted by molar-refractivity contribution is 5.45. The molecule has 2 aromatic rings. The summed E-state index contributed by atoms with van der Waals surface area (Å²) in [4.78, 5) is 0. The summed E-state index contributed by atoms with van der Waals surface area (Å²) >= 11 is 0. The summed E-state index contributed by atoms with van der Waals surface area (Å²) < 4.78 is 0. The van der Waals surface area contributed by atoms with Crippen LogP contribution >= 0.6 is 0 Å². The number of nitrogens with one attached hydrogen (secondary N) is 1. The average molecular weight is 228 g/mol. The molecule has 0 aromatic heterocycles. The Hall–Kier alpha value is -2.36. The molecule has 3 N–H and O–H groups in total. The maximum absolute atomic E-state index is 9.74. The lowest BCUT2D eigenvalue weighted by Gasteiger charge is -2.14. The molecule has 0 aliphatic rings. The molecule has 2 rings (SSSR count). The second-order valence-corrected chi connectivity index (χ2v) is 3.65. The predicted molar refractivity (Wildman–Crippen MR) is 63.2 cm³/mol. The van der Waals surface area contributed by atoms with E-state index in [1.165, 1.54) is 12.1 Å². The van der Waals surface area contributed by atoms with E-state index in [0.717, 1.165) is 0 Å². The van der Waals surface area contributed by atoms with Gasteiger partial charge in [-0.3, -0.25) is 0 Å². The van der Waals surface area contributed by atoms with E-state index < -0.39 is 6.04 Å². The van der Waals surface area contributed by atoms with Gasteiger partial charge in [-0.15, -0.1) is 0 Å². The normalized spacial score (nSPS) is 10.4. The number of para-hydroxylation sites is 2. The molecule has 0 saturated carbocycles. The van der Waals surface area contributed by atoms with Gasteiger partial charge in [0.15, 0.2) is 0 Å². The molecule has 0 aliphatic heterocycles. The minimum absolute atomic E-state index is 0.0664. The molecule has 0 amide bonds. The SMILES string of the molecule is N=NC(c1ccccc1O)c1ccccc1O. The lowest BCUT2D eigenvalue weighted by Crippen LogP contribution is -1.98. The summed E-state index contributed by atoms with van der Waals surface area (Å²) in [6, 6.07) is 12.7. The fourth-order valence-corrected chi connectivity index (χ4v) is 1.74. The van der Waals surface area contributed by atoms with Crippen LogP contribution < -0.4 is 0 Å². The number of aromatic hydroxyl groups is 2. The van der Waals surface area contributed by atoms with Gasteiger partial charge in [-0.25, -0.2) is 5.53 Å². The quantitative estimate of drug-likeness (QED) is 0.705. The van der Waals surface area contributed by atoms with E-state index in [0.29, 0.717) is 11.1 Å². The third-order valence-electron chi connectivity index (χ3n) is 2.59. The minimum atomic E-state index is -0.683. The third-order valence-corrected chi connectivity index (χ3v) is 2.59. The summed E-state index contributed by atoms with van der Waals surface area (Å²) in [6.45, 7) is 0. The van der Waals surface area contributed by atoms with Crippen LogP contribution in [-0.4, -0.2) is 10.2 Å². The summed E-state index contributed by atoms with van der Waals surface area (Å²) in [5.74, 6) is 0.133. The van der Waals surface area contributed by atoms with Crippen LogP contribution in [0.15, 0.2) is 53.6 Å². The molecule has 0 bridgehead atoms. The Balaban J connectivity index is 2.52. The zero-order valence-corrected chi connectivity index (χ0v) is 9.04. The van der Waals surface area contributed by atoms with E-state index >= 15 is 0 Å². The fourth-order valence-electron chi connectivity index (χ4n) is 1.74. The molecule has 0 fully saturated rings. The Labute approximate surface area is 98.7 Å². The number of hydrogen-bond donors (Lipinski definition) is 3. The van der Waals surface area contributed by atoms with Gasteiger partial charge in [0.05, 0.1) is 0 Å². The molecule has 4 nitrogen and oxygen atoms in total. The van der Waals surface area contributed by atoms with E-state index in [2.05, 4.69) is 5.11 Å². The smallest absolute Gasteiger partial charge is 0.128 e. The zero-order chi connectivity index (χ0) is 12.3. The number of benzene rings is 2. The first-order valence-corrected chi connectivity index (χ1v) is 5.16. The van der Waals surface area contributed by atoms with Crippen molar-refractivity contribution < 1.29 is 10.2 Å². The highest BCUT2D eigenvalue weighted by Gasteiger charge is 2.19. The Morgan fingerprint density at radius 2 is 1.24 bits per heavy atom. The molecule has 0 heterocycles. The van der Waals surface area contributed by atoms with Gasteiger partial charge >= 0.3 is 0 Å². The molecular formula is C13H12N2O2. The van der Waals surface area contributed by atoms with Gasteiger partial charge in [0.1, 0.15) is 17.5 Å². The van der Waals surface area contributed by atoms with Crippen molar-refractivity contribution in [2.24, 2.45) is 5.11 Å². The van der Waals surface area contributed by atoms with Gasteiger partial charge in [0.25, 0.3) is 0 Å². The van der Waals surface area contributed by atoms with Gasteiger partial charge in [0, 0.05) is 11.1 Å². The lowest BCUT2D eigenvalue weighted by atomic mass is 9.98. The molecule has 86 valence electrons. The summed E-state index contributed by atoms with van der Waals surface area (Å²) in [5.41, 5.74) is 8.24. The molecule has 2 aromatic carbocycles. The standard InChI is InChI=1S/C13H12N2O2/c14-15-13(9-5-1-3-7-11(9)16)10-6-2-4-8-12(10)17/h1-8,13-14,16-17H. The fraction of sp³-hybridized carbons (Fsp3) is 0.0769. The van der Waals surface area contributed by atoms with Crippen molar-refractivity contribution in [1.82, 2.24) is 0 Å². The van der Waals surface area contributed by atoms with Crippen molar-refractivity contribution in [3.05, 3.63) is 59.7 Å². The predicted octanol–water partition coefficient (Wildman–Crippen LogP) is 3.22. The maximum atomic E-state index is 9.74. The summed E-state index contributed by atoms with van der Waals surface area (Å²) in [7, 11) is 0. The van der Waals surface area contributed by atoms with Crippen molar-refractivity contribution >= 4 is 0 Å². The second kappa shape index (κ2) is 4.65. The van der Waals surface area contributed by atoms with Crippen LogP contribution in [0.25, 0.3) is 0 Å². The molecule has 0 radical (unpaired) electrons. The first-order chi connectivity index (χ1) is 8.24. The topological polar surface area (TPSA) is 76.7 Å². The van der Waals surface area contributed by atoms with Crippen LogP contribution in [0.3, 0.4) is 0 Å². The van der Waals surface area contributed by atoms with Crippen LogP contribution in [0, 0.1) is 5.53 Å². The van der Waals surface area contributed by atoms with Crippen LogP contribution in [0.1, 0.15) is 17.2 Å². The van der Waals surface area contributed by atoms with Crippen molar-refractivity contribution in [3.63, 3.8) is 0 Å².